The fourth-order valence-electron chi connectivity index (χ4n) is 1.20. The highest BCUT2D eigenvalue weighted by Gasteiger charge is 2.05. The molecule has 0 aromatic rings. The molecule has 0 aromatic carbocycles. The Balaban J connectivity index is 2.43. The summed E-state index contributed by atoms with van der Waals surface area (Å²) in [6.07, 6.45) is 13.8. The van der Waals surface area contributed by atoms with Gasteiger partial charge in [-0.05, 0) is 12.2 Å². The van der Waals surface area contributed by atoms with Crippen LogP contribution < -0.4 is 11.1 Å². The van der Waals surface area contributed by atoms with Crippen LogP contribution in [0, 0.1) is 0 Å². The average molecular weight is 158 g/mol. The molecule has 0 spiro atoms. The number of nitrogens with one attached hydrogen (secondary N) is 1. The number of rotatable bonds is 0. The van der Waals surface area contributed by atoms with Crippen molar-refractivity contribution in [3.05, 3.63) is 59.6 Å². The maximum Gasteiger partial charge on any atom is 0.0483 e. The van der Waals surface area contributed by atoms with E-state index in [0.717, 1.165) is 17.0 Å². The molecule has 1 heterocycles. The minimum absolute atomic E-state index is 0.758. The van der Waals surface area contributed by atoms with Crippen LogP contribution in [0.2, 0.25) is 0 Å². The molecule has 12 heavy (non-hydrogen) atoms. The minimum atomic E-state index is 0.758. The number of dihydropyridines is 1. The quantitative estimate of drug-likeness (QED) is 0.558. The highest BCUT2D eigenvalue weighted by molar-refractivity contribution is 5.50. The van der Waals surface area contributed by atoms with Crippen LogP contribution in [0.5, 0.6) is 0 Å². The van der Waals surface area contributed by atoms with Gasteiger partial charge in [-0.3, -0.25) is 0 Å². The molecule has 0 atom stereocenters. The number of hydrogen-bond donors (Lipinski definition) is 2. The fraction of sp³-hybridized carbons (Fsp3) is 0. The monoisotopic (exact) mass is 158 g/mol. The van der Waals surface area contributed by atoms with Gasteiger partial charge in [0, 0.05) is 23.2 Å². The van der Waals surface area contributed by atoms with Gasteiger partial charge in [0.1, 0.15) is 0 Å². The predicted octanol–water partition coefficient (Wildman–Crippen LogP) is 1.33. The topological polar surface area (TPSA) is 38.0 Å². The van der Waals surface area contributed by atoms with E-state index in [4.69, 9.17) is 5.73 Å². The van der Waals surface area contributed by atoms with E-state index < -0.39 is 0 Å². The smallest absolute Gasteiger partial charge is 0.0483 e. The van der Waals surface area contributed by atoms with Gasteiger partial charge in [0.2, 0.25) is 0 Å². The second-order valence-corrected chi connectivity index (χ2v) is 2.71. The molecule has 0 amide bonds. The largest absolute Gasteiger partial charge is 0.398 e. The van der Waals surface area contributed by atoms with Crippen molar-refractivity contribution < 1.29 is 0 Å². The minimum Gasteiger partial charge on any atom is -0.398 e. The van der Waals surface area contributed by atoms with E-state index in [9.17, 15) is 0 Å². The highest BCUT2D eigenvalue weighted by atomic mass is 14.9. The van der Waals surface area contributed by atoms with Gasteiger partial charge < -0.3 is 11.1 Å². The van der Waals surface area contributed by atoms with E-state index in [1.54, 1.807) is 6.20 Å². The third kappa shape index (κ3) is 1.19. The Morgan fingerprint density at radius 2 is 2.08 bits per heavy atom. The molecule has 0 aromatic heterocycles. The SMILES string of the molecule is NC1=CNC2=CC=CC=CC2=C1. The molecular weight excluding hydrogens is 148 g/mol. The third-order valence-corrected chi connectivity index (χ3v) is 1.79. The summed E-state index contributed by atoms with van der Waals surface area (Å²) < 4.78 is 0. The van der Waals surface area contributed by atoms with Crippen molar-refractivity contribution in [3.63, 3.8) is 0 Å². The first-order chi connectivity index (χ1) is 5.86. The molecule has 2 heteroatoms. The molecule has 0 saturated heterocycles. The van der Waals surface area contributed by atoms with Crippen molar-refractivity contribution in [3.8, 4) is 0 Å². The van der Waals surface area contributed by atoms with E-state index >= 15 is 0 Å². The van der Waals surface area contributed by atoms with Crippen LogP contribution in [-0.4, -0.2) is 0 Å². The molecule has 0 bridgehead atoms. The lowest BCUT2D eigenvalue weighted by Gasteiger charge is -2.13. The normalized spacial score (nSPS) is 19.8. The van der Waals surface area contributed by atoms with Gasteiger partial charge in [0.15, 0.2) is 0 Å². The predicted molar refractivity (Wildman–Crippen MR) is 49.9 cm³/mol. The van der Waals surface area contributed by atoms with Gasteiger partial charge in [0.25, 0.3) is 0 Å². The maximum atomic E-state index is 5.63. The number of nitrogens with two attached hydrogens (primary N) is 1. The Labute approximate surface area is 71.5 Å². The van der Waals surface area contributed by atoms with Crippen molar-refractivity contribution >= 4 is 0 Å². The van der Waals surface area contributed by atoms with Crippen LogP contribution >= 0.6 is 0 Å². The van der Waals surface area contributed by atoms with E-state index in [1.807, 2.05) is 36.5 Å². The lowest BCUT2D eigenvalue weighted by molar-refractivity contribution is 1.04. The van der Waals surface area contributed by atoms with E-state index in [0.29, 0.717) is 0 Å². The van der Waals surface area contributed by atoms with Gasteiger partial charge in [0.05, 0.1) is 0 Å². The summed E-state index contributed by atoms with van der Waals surface area (Å²) in [5.41, 5.74) is 8.61. The Hall–Kier alpha value is -1.70. The van der Waals surface area contributed by atoms with Gasteiger partial charge >= 0.3 is 0 Å². The molecule has 2 rings (SSSR count). The second-order valence-electron chi connectivity index (χ2n) is 2.71. The molecule has 2 nitrogen and oxygen atoms in total. The molecule has 1 aliphatic heterocycles. The van der Waals surface area contributed by atoms with Crippen molar-refractivity contribution in [2.24, 2.45) is 5.73 Å². The first-order valence-electron chi connectivity index (χ1n) is 3.85. The second kappa shape index (κ2) is 2.74. The molecule has 2 aliphatic rings. The lowest BCUT2D eigenvalue weighted by Crippen LogP contribution is -2.14. The summed E-state index contributed by atoms with van der Waals surface area (Å²) in [6, 6.07) is 0. The van der Waals surface area contributed by atoms with Crippen LogP contribution in [0.3, 0.4) is 0 Å². The molecule has 0 unspecified atom stereocenters. The van der Waals surface area contributed by atoms with Crippen molar-refractivity contribution in [1.82, 2.24) is 5.32 Å². The number of allylic oxidation sites excluding steroid dienone is 6. The standard InChI is InChI=1S/C10H10N2/c11-9-6-8-4-2-1-3-5-10(8)12-7-9/h1-7,12H,11H2. The maximum absolute atomic E-state index is 5.63. The molecule has 0 fully saturated rings. The molecule has 60 valence electrons. The first-order valence-corrected chi connectivity index (χ1v) is 3.85. The summed E-state index contributed by atoms with van der Waals surface area (Å²) in [6.45, 7) is 0. The lowest BCUT2D eigenvalue weighted by atomic mass is 10.1. The van der Waals surface area contributed by atoms with Crippen LogP contribution in [0.25, 0.3) is 0 Å². The summed E-state index contributed by atoms with van der Waals surface area (Å²) in [7, 11) is 0. The van der Waals surface area contributed by atoms with Crippen LogP contribution in [0.15, 0.2) is 59.6 Å². The first kappa shape index (κ1) is 6.98. The Morgan fingerprint density at radius 1 is 1.17 bits per heavy atom. The Kier molecular flexibility index (Phi) is 1.59. The Morgan fingerprint density at radius 3 is 3.00 bits per heavy atom. The van der Waals surface area contributed by atoms with Gasteiger partial charge in [-0.15, -0.1) is 0 Å². The van der Waals surface area contributed by atoms with Gasteiger partial charge in [-0.1, -0.05) is 24.3 Å². The number of hydrogen-bond acceptors (Lipinski definition) is 2. The van der Waals surface area contributed by atoms with E-state index in [-0.39, 0.29) is 0 Å². The summed E-state index contributed by atoms with van der Waals surface area (Å²) in [4.78, 5) is 0. The number of fused-ring (bicyclic) bond motifs is 1. The van der Waals surface area contributed by atoms with Crippen molar-refractivity contribution in [1.29, 1.82) is 0 Å². The van der Waals surface area contributed by atoms with E-state index in [1.165, 1.54) is 0 Å². The molecule has 0 saturated carbocycles. The van der Waals surface area contributed by atoms with Crippen molar-refractivity contribution in [2.45, 2.75) is 0 Å². The highest BCUT2D eigenvalue weighted by Crippen LogP contribution is 2.16. The summed E-state index contributed by atoms with van der Waals surface area (Å²) in [5, 5.41) is 3.11. The molecule has 0 radical (unpaired) electrons. The van der Waals surface area contributed by atoms with Crippen LogP contribution in [-0.2, 0) is 0 Å². The zero-order valence-electron chi connectivity index (χ0n) is 6.62. The molecule has 3 N–H and O–H groups in total. The van der Waals surface area contributed by atoms with Gasteiger partial charge in [-0.25, -0.2) is 0 Å². The molecular formula is C10H10N2. The van der Waals surface area contributed by atoms with E-state index in [2.05, 4.69) is 5.32 Å². The average Bonchev–Trinajstić information content (AvgIpc) is 2.28. The third-order valence-electron chi connectivity index (χ3n) is 1.79. The van der Waals surface area contributed by atoms with Crippen LogP contribution in [0.4, 0.5) is 0 Å². The zero-order chi connectivity index (χ0) is 8.39. The summed E-state index contributed by atoms with van der Waals surface area (Å²) in [5.74, 6) is 0. The van der Waals surface area contributed by atoms with Gasteiger partial charge in [-0.2, -0.15) is 0 Å². The summed E-state index contributed by atoms with van der Waals surface area (Å²) >= 11 is 0. The van der Waals surface area contributed by atoms with Crippen LogP contribution in [0.1, 0.15) is 0 Å². The fourth-order valence-corrected chi connectivity index (χ4v) is 1.20. The Bertz CT molecular complexity index is 341. The zero-order valence-corrected chi connectivity index (χ0v) is 6.62. The van der Waals surface area contributed by atoms with Crippen molar-refractivity contribution in [2.75, 3.05) is 0 Å². The molecule has 1 aliphatic carbocycles.